The van der Waals surface area contributed by atoms with E-state index in [0.717, 1.165) is 0 Å². The molecular weight excluding hydrogens is 268 g/mol. The number of hydrogen-bond acceptors (Lipinski definition) is 5. The van der Waals surface area contributed by atoms with Gasteiger partial charge in [-0.25, -0.2) is 13.4 Å². The third-order valence-electron chi connectivity index (χ3n) is 3.13. The monoisotopic (exact) mass is 288 g/mol. The molecule has 0 amide bonds. The molecule has 0 aliphatic carbocycles. The Bertz CT molecular complexity index is 528. The van der Waals surface area contributed by atoms with Crippen LogP contribution >= 0.6 is 0 Å². The summed E-state index contributed by atoms with van der Waals surface area (Å²) in [4.78, 5) is 3.97. The van der Waals surface area contributed by atoms with Gasteiger partial charge in [-0.15, -0.1) is 0 Å². The topological polar surface area (TPSA) is 90.5 Å². The minimum atomic E-state index is -3.56. The molecule has 7 nitrogen and oxygen atoms in total. The lowest BCUT2D eigenvalue weighted by Crippen LogP contribution is -2.51. The van der Waals surface area contributed by atoms with Gasteiger partial charge in [0.25, 0.3) is 10.0 Å². The molecular formula is C11H20N4O3S. The van der Waals surface area contributed by atoms with Crippen LogP contribution in [0.5, 0.6) is 0 Å². The lowest BCUT2D eigenvalue weighted by Gasteiger charge is -2.34. The maximum absolute atomic E-state index is 12.5. The van der Waals surface area contributed by atoms with Gasteiger partial charge in [-0.05, 0) is 13.8 Å². The van der Waals surface area contributed by atoms with Gasteiger partial charge in [-0.3, -0.25) is 0 Å². The van der Waals surface area contributed by atoms with E-state index in [0.29, 0.717) is 19.6 Å². The number of nitrogens with two attached hydrogens (primary N) is 1. The number of sulfonamides is 1. The van der Waals surface area contributed by atoms with Crippen LogP contribution in [0, 0.1) is 0 Å². The van der Waals surface area contributed by atoms with Crippen molar-refractivity contribution in [2.24, 2.45) is 5.73 Å². The third-order valence-corrected chi connectivity index (χ3v) is 4.85. The number of imidazole rings is 1. The summed E-state index contributed by atoms with van der Waals surface area (Å²) in [5.74, 6) is 0. The molecule has 0 radical (unpaired) electrons. The van der Waals surface area contributed by atoms with Crippen molar-refractivity contribution in [1.82, 2.24) is 13.9 Å². The molecule has 2 atom stereocenters. The first-order valence-corrected chi connectivity index (χ1v) is 7.78. The average molecular weight is 288 g/mol. The number of rotatable bonds is 4. The molecule has 1 saturated heterocycles. The quantitative estimate of drug-likeness (QED) is 0.817. The minimum absolute atomic E-state index is 0.0826. The summed E-state index contributed by atoms with van der Waals surface area (Å²) >= 11 is 0. The fraction of sp³-hybridized carbons (Fsp3) is 0.727. The van der Waals surface area contributed by atoms with Crippen LogP contribution in [0.2, 0.25) is 0 Å². The Morgan fingerprint density at radius 3 is 2.84 bits per heavy atom. The molecule has 8 heteroatoms. The molecule has 2 rings (SSSR count). The third kappa shape index (κ3) is 2.97. The summed E-state index contributed by atoms with van der Waals surface area (Å²) in [6.07, 6.45) is 2.65. The molecule has 2 N–H and O–H groups in total. The second-order valence-corrected chi connectivity index (χ2v) is 6.55. The molecule has 2 heterocycles. The van der Waals surface area contributed by atoms with E-state index in [4.69, 9.17) is 10.5 Å². The average Bonchev–Trinajstić information content (AvgIpc) is 2.87. The number of ether oxygens (including phenoxy) is 1. The zero-order chi connectivity index (χ0) is 14.0. The van der Waals surface area contributed by atoms with Crippen molar-refractivity contribution in [3.05, 3.63) is 12.5 Å². The van der Waals surface area contributed by atoms with Crippen LogP contribution in [0.1, 0.15) is 13.8 Å². The van der Waals surface area contributed by atoms with E-state index in [1.165, 1.54) is 10.6 Å². The van der Waals surface area contributed by atoms with E-state index in [9.17, 15) is 8.42 Å². The standard InChI is InChI=1S/C11H20N4O3S/c1-3-14-7-11(13-8-14)19(16,17)15-5-9(2)18-10(4-12)6-15/h7-10H,3-6,12H2,1-2H3. The molecule has 1 fully saturated rings. The summed E-state index contributed by atoms with van der Waals surface area (Å²) in [7, 11) is -3.56. The zero-order valence-corrected chi connectivity index (χ0v) is 12.0. The highest BCUT2D eigenvalue weighted by atomic mass is 32.2. The van der Waals surface area contributed by atoms with Crippen LogP contribution < -0.4 is 5.73 Å². The highest BCUT2D eigenvalue weighted by molar-refractivity contribution is 7.89. The molecule has 1 aliphatic rings. The van der Waals surface area contributed by atoms with E-state index in [2.05, 4.69) is 4.98 Å². The number of nitrogens with zero attached hydrogens (tertiary/aromatic N) is 3. The van der Waals surface area contributed by atoms with Crippen LogP contribution in [-0.4, -0.2) is 54.1 Å². The van der Waals surface area contributed by atoms with Gasteiger partial charge in [0, 0.05) is 32.4 Å². The van der Waals surface area contributed by atoms with Gasteiger partial charge >= 0.3 is 0 Å². The molecule has 0 spiro atoms. The van der Waals surface area contributed by atoms with Gasteiger partial charge in [0.15, 0.2) is 5.03 Å². The molecule has 1 aliphatic heterocycles. The minimum Gasteiger partial charge on any atom is -0.371 e. The lowest BCUT2D eigenvalue weighted by atomic mass is 10.2. The van der Waals surface area contributed by atoms with Crippen LogP contribution in [0.4, 0.5) is 0 Å². The van der Waals surface area contributed by atoms with Gasteiger partial charge in [-0.1, -0.05) is 0 Å². The summed E-state index contributed by atoms with van der Waals surface area (Å²) < 4.78 is 33.7. The van der Waals surface area contributed by atoms with Gasteiger partial charge in [0.05, 0.1) is 18.5 Å². The van der Waals surface area contributed by atoms with Crippen molar-refractivity contribution in [1.29, 1.82) is 0 Å². The van der Waals surface area contributed by atoms with Crippen molar-refractivity contribution in [2.75, 3.05) is 19.6 Å². The van der Waals surface area contributed by atoms with E-state index < -0.39 is 10.0 Å². The second kappa shape index (κ2) is 5.58. The summed E-state index contributed by atoms with van der Waals surface area (Å²) in [6, 6.07) is 0. The van der Waals surface area contributed by atoms with Gasteiger partial charge < -0.3 is 15.0 Å². The Morgan fingerprint density at radius 2 is 2.26 bits per heavy atom. The molecule has 1 aromatic rings. The zero-order valence-electron chi connectivity index (χ0n) is 11.2. The van der Waals surface area contributed by atoms with E-state index in [1.54, 1.807) is 10.8 Å². The normalized spacial score (nSPS) is 25.6. The van der Waals surface area contributed by atoms with Gasteiger partial charge in [0.1, 0.15) is 0 Å². The second-order valence-electron chi connectivity index (χ2n) is 4.67. The van der Waals surface area contributed by atoms with Crippen LogP contribution in [0.25, 0.3) is 0 Å². The molecule has 108 valence electrons. The largest absolute Gasteiger partial charge is 0.371 e. The Morgan fingerprint density at radius 1 is 1.53 bits per heavy atom. The van der Waals surface area contributed by atoms with Crippen molar-refractivity contribution >= 4 is 10.0 Å². The fourth-order valence-corrected chi connectivity index (χ4v) is 3.59. The summed E-state index contributed by atoms with van der Waals surface area (Å²) in [6.45, 7) is 5.38. The first-order valence-electron chi connectivity index (χ1n) is 6.34. The highest BCUT2D eigenvalue weighted by Gasteiger charge is 2.34. The highest BCUT2D eigenvalue weighted by Crippen LogP contribution is 2.19. The summed E-state index contributed by atoms with van der Waals surface area (Å²) in [5, 5.41) is 0.0826. The molecule has 0 bridgehead atoms. The smallest absolute Gasteiger partial charge is 0.262 e. The van der Waals surface area contributed by atoms with Crippen LogP contribution in [-0.2, 0) is 21.3 Å². The first kappa shape index (κ1) is 14.4. The number of aryl methyl sites for hydroxylation is 1. The number of aromatic nitrogens is 2. The number of hydrogen-bond donors (Lipinski definition) is 1. The summed E-state index contributed by atoms with van der Waals surface area (Å²) in [5.41, 5.74) is 5.57. The van der Waals surface area contributed by atoms with E-state index in [-0.39, 0.29) is 23.8 Å². The van der Waals surface area contributed by atoms with E-state index in [1.807, 2.05) is 13.8 Å². The lowest BCUT2D eigenvalue weighted by molar-refractivity contribution is -0.0486. The first-order chi connectivity index (χ1) is 8.97. The predicted molar refractivity (Wildman–Crippen MR) is 70.0 cm³/mol. The maximum atomic E-state index is 12.5. The van der Waals surface area contributed by atoms with Crippen LogP contribution in [0.15, 0.2) is 17.6 Å². The number of morpholine rings is 1. The Kier molecular flexibility index (Phi) is 4.24. The Balaban J connectivity index is 2.23. The van der Waals surface area contributed by atoms with Crippen LogP contribution in [0.3, 0.4) is 0 Å². The van der Waals surface area contributed by atoms with Crippen molar-refractivity contribution < 1.29 is 13.2 Å². The van der Waals surface area contributed by atoms with Gasteiger partial charge in [0.2, 0.25) is 0 Å². The molecule has 0 aromatic carbocycles. The van der Waals surface area contributed by atoms with Crippen molar-refractivity contribution in [2.45, 2.75) is 37.6 Å². The van der Waals surface area contributed by atoms with Gasteiger partial charge in [-0.2, -0.15) is 4.31 Å². The Hall–Kier alpha value is -0.960. The van der Waals surface area contributed by atoms with Crippen molar-refractivity contribution in [3.63, 3.8) is 0 Å². The molecule has 1 aromatic heterocycles. The molecule has 0 saturated carbocycles. The SMILES string of the molecule is CCn1cnc(S(=O)(=O)N2CC(C)OC(CN)C2)c1. The Labute approximate surface area is 113 Å². The van der Waals surface area contributed by atoms with E-state index >= 15 is 0 Å². The predicted octanol–water partition coefficient (Wildman–Crippen LogP) is -0.360. The maximum Gasteiger partial charge on any atom is 0.262 e. The molecule has 2 unspecified atom stereocenters. The fourth-order valence-electron chi connectivity index (χ4n) is 2.11. The molecule has 19 heavy (non-hydrogen) atoms. The van der Waals surface area contributed by atoms with Crippen molar-refractivity contribution in [3.8, 4) is 0 Å².